The number of para-hydroxylation sites is 1. The fourth-order valence-corrected chi connectivity index (χ4v) is 5.06. The number of sulfonamides is 1. The first-order valence-electron chi connectivity index (χ1n) is 12.7. The average Bonchev–Trinajstić information content (AvgIpc) is 2.92. The highest BCUT2D eigenvalue weighted by atomic mass is 35.5. The van der Waals surface area contributed by atoms with Gasteiger partial charge in [-0.15, -0.1) is 0 Å². The summed E-state index contributed by atoms with van der Waals surface area (Å²) in [5.74, 6) is 0.336. The summed E-state index contributed by atoms with van der Waals surface area (Å²) >= 11 is 6.37. The van der Waals surface area contributed by atoms with E-state index < -0.39 is 28.5 Å². The highest BCUT2D eigenvalue weighted by Crippen LogP contribution is 2.26. The molecule has 0 bridgehead atoms. The molecule has 8 nitrogen and oxygen atoms in total. The van der Waals surface area contributed by atoms with Crippen LogP contribution in [0.25, 0.3) is 0 Å². The molecule has 0 aliphatic carbocycles. The molecular formula is C29H34ClN3O5S. The quantitative estimate of drug-likeness (QED) is 0.303. The zero-order valence-corrected chi connectivity index (χ0v) is 23.9. The Morgan fingerprint density at radius 1 is 0.923 bits per heavy atom. The van der Waals surface area contributed by atoms with Gasteiger partial charge in [-0.1, -0.05) is 61.8 Å². The van der Waals surface area contributed by atoms with Crippen molar-refractivity contribution in [2.45, 2.75) is 39.3 Å². The van der Waals surface area contributed by atoms with Crippen molar-refractivity contribution in [2.75, 3.05) is 23.7 Å². The second kappa shape index (κ2) is 14.0. The van der Waals surface area contributed by atoms with Gasteiger partial charge >= 0.3 is 0 Å². The minimum atomic E-state index is -3.85. The van der Waals surface area contributed by atoms with Gasteiger partial charge in [-0.2, -0.15) is 0 Å². The van der Waals surface area contributed by atoms with E-state index >= 15 is 0 Å². The molecule has 3 rings (SSSR count). The minimum absolute atomic E-state index is 0.0536. The van der Waals surface area contributed by atoms with Crippen LogP contribution in [0, 0.1) is 0 Å². The zero-order chi connectivity index (χ0) is 28.4. The number of halogens is 1. The zero-order valence-electron chi connectivity index (χ0n) is 22.3. The number of ether oxygens (including phenoxy) is 1. The summed E-state index contributed by atoms with van der Waals surface area (Å²) in [6.07, 6.45) is 2.13. The van der Waals surface area contributed by atoms with Gasteiger partial charge in [0.15, 0.2) is 0 Å². The number of hydrogen-bond donors (Lipinski definition) is 1. The van der Waals surface area contributed by atoms with Crippen molar-refractivity contribution < 1.29 is 22.7 Å². The third-order valence-electron chi connectivity index (χ3n) is 6.02. The third kappa shape index (κ3) is 8.46. The molecule has 3 aromatic carbocycles. The summed E-state index contributed by atoms with van der Waals surface area (Å²) in [5, 5.41) is 3.30. The van der Waals surface area contributed by atoms with Gasteiger partial charge in [-0.05, 0) is 60.9 Å². The predicted octanol–water partition coefficient (Wildman–Crippen LogP) is 5.23. The van der Waals surface area contributed by atoms with E-state index in [2.05, 4.69) is 5.32 Å². The Hall–Kier alpha value is -3.56. The fourth-order valence-electron chi connectivity index (χ4n) is 4.01. The molecule has 0 saturated heterocycles. The molecule has 0 aliphatic rings. The van der Waals surface area contributed by atoms with E-state index in [1.807, 2.05) is 44.2 Å². The van der Waals surface area contributed by atoms with E-state index in [9.17, 15) is 18.0 Å². The minimum Gasteiger partial charge on any atom is -0.457 e. The number of rotatable bonds is 13. The first kappa shape index (κ1) is 30.0. The van der Waals surface area contributed by atoms with Crippen LogP contribution in [0.1, 0.15) is 32.3 Å². The normalized spacial score (nSPS) is 11.9. The standard InChI is InChI=1S/C29H34ClN3O5S/c1-4-19-31-29(35)27(5-2)32(20-22-11-9-10-14-26(22)30)28(34)21-33(39(3,36)37)23-15-17-25(18-16-23)38-24-12-7-6-8-13-24/h6-18,27H,4-5,19-21H2,1-3H3,(H,31,35)/t27-/m0/s1. The molecule has 0 fully saturated rings. The van der Waals surface area contributed by atoms with Gasteiger partial charge in [-0.3, -0.25) is 13.9 Å². The predicted molar refractivity (Wildman–Crippen MR) is 155 cm³/mol. The van der Waals surface area contributed by atoms with Crippen LogP contribution in [0.4, 0.5) is 5.69 Å². The number of benzene rings is 3. The maximum Gasteiger partial charge on any atom is 0.244 e. The first-order valence-corrected chi connectivity index (χ1v) is 15.0. The molecule has 0 saturated carbocycles. The van der Waals surface area contributed by atoms with Crippen LogP contribution in [-0.2, 0) is 26.2 Å². The van der Waals surface area contributed by atoms with Gasteiger partial charge in [0.1, 0.15) is 24.1 Å². The Morgan fingerprint density at radius 3 is 2.13 bits per heavy atom. The SMILES string of the molecule is CCCNC(=O)[C@H](CC)N(Cc1ccccc1Cl)C(=O)CN(c1ccc(Oc2ccccc2)cc1)S(C)(=O)=O. The molecule has 0 radical (unpaired) electrons. The van der Waals surface area contributed by atoms with Crippen molar-refractivity contribution in [1.29, 1.82) is 0 Å². The van der Waals surface area contributed by atoms with Crippen molar-refractivity contribution >= 4 is 39.1 Å². The summed E-state index contributed by atoms with van der Waals surface area (Å²) in [6, 6.07) is 21.9. The highest BCUT2D eigenvalue weighted by molar-refractivity contribution is 7.92. The van der Waals surface area contributed by atoms with Gasteiger partial charge < -0.3 is 15.0 Å². The van der Waals surface area contributed by atoms with Crippen molar-refractivity contribution in [2.24, 2.45) is 0 Å². The Kier molecular flexibility index (Phi) is 10.8. The smallest absolute Gasteiger partial charge is 0.244 e. The number of nitrogens with one attached hydrogen (secondary N) is 1. The molecule has 0 spiro atoms. The van der Waals surface area contributed by atoms with E-state index in [1.165, 1.54) is 4.90 Å². The van der Waals surface area contributed by atoms with E-state index in [0.717, 1.165) is 17.0 Å². The number of carbonyl (C=O) groups excluding carboxylic acids is 2. The molecule has 0 unspecified atom stereocenters. The van der Waals surface area contributed by atoms with E-state index in [4.69, 9.17) is 16.3 Å². The van der Waals surface area contributed by atoms with Gasteiger partial charge in [-0.25, -0.2) is 8.42 Å². The van der Waals surface area contributed by atoms with E-state index in [1.54, 1.807) is 48.5 Å². The lowest BCUT2D eigenvalue weighted by atomic mass is 10.1. The van der Waals surface area contributed by atoms with Crippen LogP contribution in [0.3, 0.4) is 0 Å². The van der Waals surface area contributed by atoms with Gasteiger partial charge in [0, 0.05) is 18.1 Å². The summed E-state index contributed by atoms with van der Waals surface area (Å²) in [7, 11) is -3.85. The number of nitrogens with zero attached hydrogens (tertiary/aromatic N) is 2. The maximum atomic E-state index is 13.7. The van der Waals surface area contributed by atoms with Crippen molar-refractivity contribution in [3.8, 4) is 11.5 Å². The van der Waals surface area contributed by atoms with Gasteiger partial charge in [0.2, 0.25) is 21.8 Å². The van der Waals surface area contributed by atoms with Crippen LogP contribution in [0.5, 0.6) is 11.5 Å². The van der Waals surface area contributed by atoms with E-state index in [-0.39, 0.29) is 12.5 Å². The highest BCUT2D eigenvalue weighted by Gasteiger charge is 2.32. The molecule has 0 heterocycles. The van der Waals surface area contributed by atoms with Crippen molar-refractivity contribution in [3.05, 3.63) is 89.4 Å². The van der Waals surface area contributed by atoms with E-state index in [0.29, 0.717) is 40.7 Å². The second-order valence-corrected chi connectivity index (χ2v) is 11.3. The topological polar surface area (TPSA) is 96.0 Å². The van der Waals surface area contributed by atoms with Gasteiger partial charge in [0.25, 0.3) is 0 Å². The van der Waals surface area contributed by atoms with Crippen LogP contribution in [0.15, 0.2) is 78.9 Å². The largest absolute Gasteiger partial charge is 0.457 e. The maximum absolute atomic E-state index is 13.7. The number of hydrogen-bond acceptors (Lipinski definition) is 5. The summed E-state index contributed by atoms with van der Waals surface area (Å²) in [6.45, 7) is 3.78. The lowest BCUT2D eigenvalue weighted by Gasteiger charge is -2.33. The molecule has 1 N–H and O–H groups in total. The van der Waals surface area contributed by atoms with Crippen LogP contribution >= 0.6 is 11.6 Å². The summed E-state index contributed by atoms with van der Waals surface area (Å²) < 4.78 is 32.5. The Bertz CT molecular complexity index is 1350. The molecule has 1 atom stereocenters. The number of amides is 2. The Morgan fingerprint density at radius 2 is 1.54 bits per heavy atom. The number of carbonyl (C=O) groups is 2. The molecule has 0 aromatic heterocycles. The number of anilines is 1. The molecule has 208 valence electrons. The fraction of sp³-hybridized carbons (Fsp3) is 0.310. The molecular weight excluding hydrogens is 538 g/mol. The lowest BCUT2D eigenvalue weighted by Crippen LogP contribution is -2.52. The molecule has 39 heavy (non-hydrogen) atoms. The summed E-state index contributed by atoms with van der Waals surface area (Å²) in [5.41, 5.74) is 0.954. The molecule has 10 heteroatoms. The van der Waals surface area contributed by atoms with Crippen LogP contribution in [0.2, 0.25) is 5.02 Å². The molecule has 0 aliphatic heterocycles. The first-order chi connectivity index (χ1) is 18.6. The third-order valence-corrected chi connectivity index (χ3v) is 7.53. The Balaban J connectivity index is 1.89. The van der Waals surface area contributed by atoms with Gasteiger partial charge in [0.05, 0.1) is 11.9 Å². The molecule has 2 amide bonds. The molecule has 3 aromatic rings. The van der Waals surface area contributed by atoms with Crippen molar-refractivity contribution in [1.82, 2.24) is 10.2 Å². The second-order valence-electron chi connectivity index (χ2n) is 9.01. The summed E-state index contributed by atoms with van der Waals surface area (Å²) in [4.78, 5) is 28.2. The Labute approximate surface area is 235 Å². The van der Waals surface area contributed by atoms with Crippen LogP contribution < -0.4 is 14.4 Å². The van der Waals surface area contributed by atoms with Crippen molar-refractivity contribution in [3.63, 3.8) is 0 Å². The monoisotopic (exact) mass is 571 g/mol. The average molecular weight is 572 g/mol. The van der Waals surface area contributed by atoms with Crippen LogP contribution in [-0.4, -0.2) is 50.5 Å². The lowest BCUT2D eigenvalue weighted by molar-refractivity contribution is -0.140.